The molecule has 0 fully saturated rings. The summed E-state index contributed by atoms with van der Waals surface area (Å²) in [7, 11) is 0.544. The summed E-state index contributed by atoms with van der Waals surface area (Å²) in [4.78, 5) is 12.8. The van der Waals surface area contributed by atoms with Crippen LogP contribution in [0.15, 0.2) is 48.5 Å². The van der Waals surface area contributed by atoms with Crippen LogP contribution in [0.1, 0.15) is 21.6 Å². The molecule has 8 heteroatoms. The van der Waals surface area contributed by atoms with E-state index in [1.807, 2.05) is 12.1 Å². The molecule has 0 radical (unpaired) electrons. The van der Waals surface area contributed by atoms with Gasteiger partial charge in [0.15, 0.2) is 0 Å². The van der Waals surface area contributed by atoms with Crippen LogP contribution in [0.5, 0.6) is 5.75 Å². The third-order valence-corrected chi connectivity index (χ3v) is 5.73. The van der Waals surface area contributed by atoms with Gasteiger partial charge in [0.2, 0.25) is 0 Å². The number of nitrogens with one attached hydrogen (secondary N) is 1. The standard InChI is InChI=1S/C19H16ClN3O3S/c1-26-15-7-2-4-12(8-15)19(24)21-18-16-10-27(25)11-17(16)22-23(18)14-6-3-5-13(20)9-14/h2-9H,10-11H2,1H3,(H,21,24)/t27-/m0/s1. The second kappa shape index (κ2) is 7.17. The molecule has 6 nitrogen and oxygen atoms in total. The second-order valence-electron chi connectivity index (χ2n) is 6.08. The summed E-state index contributed by atoms with van der Waals surface area (Å²) in [6.07, 6.45) is 0. The summed E-state index contributed by atoms with van der Waals surface area (Å²) in [6, 6.07) is 14.1. The highest BCUT2D eigenvalue weighted by molar-refractivity contribution is 7.83. The Hall–Kier alpha value is -2.64. The molecular weight excluding hydrogens is 386 g/mol. The molecule has 27 heavy (non-hydrogen) atoms. The summed E-state index contributed by atoms with van der Waals surface area (Å²) in [6.45, 7) is 0. The summed E-state index contributed by atoms with van der Waals surface area (Å²) >= 11 is 6.11. The molecule has 138 valence electrons. The highest BCUT2D eigenvalue weighted by Crippen LogP contribution is 2.32. The van der Waals surface area contributed by atoms with E-state index in [1.54, 1.807) is 48.2 Å². The van der Waals surface area contributed by atoms with E-state index in [0.29, 0.717) is 33.7 Å². The number of methoxy groups -OCH3 is 1. The maximum Gasteiger partial charge on any atom is 0.256 e. The molecule has 3 aromatic rings. The van der Waals surface area contributed by atoms with Gasteiger partial charge in [-0.25, -0.2) is 4.68 Å². The number of carbonyl (C=O) groups is 1. The Morgan fingerprint density at radius 2 is 2.04 bits per heavy atom. The number of amides is 1. The van der Waals surface area contributed by atoms with Crippen LogP contribution >= 0.6 is 11.6 Å². The molecule has 4 rings (SSSR count). The van der Waals surface area contributed by atoms with E-state index in [0.717, 1.165) is 16.9 Å². The van der Waals surface area contributed by atoms with Gasteiger partial charge in [-0.3, -0.25) is 9.00 Å². The third kappa shape index (κ3) is 3.48. The number of ether oxygens (including phenoxy) is 1. The largest absolute Gasteiger partial charge is 0.497 e. The van der Waals surface area contributed by atoms with Crippen LogP contribution in [0.2, 0.25) is 5.02 Å². The van der Waals surface area contributed by atoms with E-state index in [4.69, 9.17) is 16.3 Å². The zero-order valence-electron chi connectivity index (χ0n) is 14.4. The maximum absolute atomic E-state index is 12.8. The summed E-state index contributed by atoms with van der Waals surface area (Å²) in [5.41, 5.74) is 2.71. The number of rotatable bonds is 4. The van der Waals surface area contributed by atoms with Crippen molar-refractivity contribution >= 4 is 34.1 Å². The Morgan fingerprint density at radius 3 is 2.81 bits per heavy atom. The first-order valence-corrected chi connectivity index (χ1v) is 10.1. The first-order chi connectivity index (χ1) is 13.0. The molecule has 1 N–H and O–H groups in total. The molecule has 0 unspecified atom stereocenters. The van der Waals surface area contributed by atoms with E-state index in [1.165, 1.54) is 0 Å². The van der Waals surface area contributed by atoms with E-state index < -0.39 is 10.8 Å². The minimum absolute atomic E-state index is 0.294. The molecule has 1 aliphatic heterocycles. The maximum atomic E-state index is 12.8. The quantitative estimate of drug-likeness (QED) is 0.725. The minimum Gasteiger partial charge on any atom is -0.497 e. The Labute approximate surface area is 163 Å². The lowest BCUT2D eigenvalue weighted by molar-refractivity contribution is 0.102. The Bertz CT molecular complexity index is 1060. The fourth-order valence-electron chi connectivity index (χ4n) is 2.99. The van der Waals surface area contributed by atoms with Crippen LogP contribution in [0.3, 0.4) is 0 Å². The molecule has 0 aliphatic carbocycles. The zero-order chi connectivity index (χ0) is 19.0. The van der Waals surface area contributed by atoms with Gasteiger partial charge in [-0.2, -0.15) is 5.10 Å². The average molecular weight is 402 g/mol. The fraction of sp³-hybridized carbons (Fsp3) is 0.158. The minimum atomic E-state index is -1.01. The van der Waals surface area contributed by atoms with Crippen LogP contribution in [-0.2, 0) is 22.3 Å². The molecule has 2 aromatic carbocycles. The smallest absolute Gasteiger partial charge is 0.256 e. The van der Waals surface area contributed by atoms with Gasteiger partial charge >= 0.3 is 0 Å². The van der Waals surface area contributed by atoms with Crippen LogP contribution in [-0.4, -0.2) is 27.0 Å². The highest BCUT2D eigenvalue weighted by Gasteiger charge is 2.28. The first kappa shape index (κ1) is 17.8. The van der Waals surface area contributed by atoms with Crippen molar-refractivity contribution in [2.45, 2.75) is 11.5 Å². The molecular formula is C19H16ClN3O3S. The van der Waals surface area contributed by atoms with Gasteiger partial charge in [0.1, 0.15) is 11.6 Å². The van der Waals surface area contributed by atoms with E-state index in [2.05, 4.69) is 10.4 Å². The first-order valence-electron chi connectivity index (χ1n) is 8.22. The van der Waals surface area contributed by atoms with Crippen LogP contribution < -0.4 is 10.1 Å². The summed E-state index contributed by atoms with van der Waals surface area (Å²) < 4.78 is 18.8. The Kier molecular flexibility index (Phi) is 4.72. The topological polar surface area (TPSA) is 73.2 Å². The van der Waals surface area contributed by atoms with Crippen molar-refractivity contribution in [3.8, 4) is 11.4 Å². The highest BCUT2D eigenvalue weighted by atomic mass is 35.5. The van der Waals surface area contributed by atoms with Crippen molar-refractivity contribution in [2.75, 3.05) is 12.4 Å². The van der Waals surface area contributed by atoms with Gasteiger partial charge < -0.3 is 10.1 Å². The number of halogens is 1. The van der Waals surface area contributed by atoms with Gasteiger partial charge in [0.25, 0.3) is 5.91 Å². The molecule has 1 aromatic heterocycles. The number of carbonyl (C=O) groups excluding carboxylic acids is 1. The fourth-order valence-corrected chi connectivity index (χ4v) is 4.44. The van der Waals surface area contributed by atoms with Gasteiger partial charge in [0, 0.05) is 26.9 Å². The predicted molar refractivity (Wildman–Crippen MR) is 105 cm³/mol. The molecule has 2 heterocycles. The molecule has 1 amide bonds. The normalized spacial score (nSPS) is 15.4. The second-order valence-corrected chi connectivity index (χ2v) is 7.97. The Balaban J connectivity index is 1.75. The number of hydrogen-bond acceptors (Lipinski definition) is 4. The average Bonchev–Trinajstić information content (AvgIpc) is 3.19. The van der Waals surface area contributed by atoms with Crippen molar-refractivity contribution in [1.82, 2.24) is 9.78 Å². The molecule has 0 bridgehead atoms. The van der Waals surface area contributed by atoms with Gasteiger partial charge in [-0.15, -0.1) is 0 Å². The molecule has 1 aliphatic rings. The zero-order valence-corrected chi connectivity index (χ0v) is 16.0. The van der Waals surface area contributed by atoms with Crippen molar-refractivity contribution in [3.63, 3.8) is 0 Å². The van der Waals surface area contributed by atoms with E-state index >= 15 is 0 Å². The predicted octanol–water partition coefficient (Wildman–Crippen LogP) is 3.55. The van der Waals surface area contributed by atoms with Gasteiger partial charge in [-0.1, -0.05) is 23.7 Å². The van der Waals surface area contributed by atoms with E-state index in [9.17, 15) is 9.00 Å². The molecule has 1 atom stereocenters. The molecule has 0 saturated carbocycles. The SMILES string of the molecule is COc1cccc(C(=O)Nc2c3c(nn2-c2cccc(Cl)c2)C[S@@](=O)C3)c1. The number of nitrogens with zero attached hydrogens (tertiary/aromatic N) is 2. The van der Waals surface area contributed by atoms with Crippen molar-refractivity contribution in [2.24, 2.45) is 0 Å². The molecule has 0 saturated heterocycles. The number of hydrogen-bond donors (Lipinski definition) is 1. The van der Waals surface area contributed by atoms with Gasteiger partial charge in [-0.05, 0) is 36.4 Å². The summed E-state index contributed by atoms with van der Waals surface area (Å²) in [5.74, 6) is 1.56. The lowest BCUT2D eigenvalue weighted by atomic mass is 10.2. The van der Waals surface area contributed by atoms with Crippen LogP contribution in [0.4, 0.5) is 5.82 Å². The lowest BCUT2D eigenvalue weighted by Crippen LogP contribution is -2.16. The number of fused-ring (bicyclic) bond motifs is 1. The van der Waals surface area contributed by atoms with Crippen LogP contribution in [0.25, 0.3) is 5.69 Å². The number of aromatic nitrogens is 2. The van der Waals surface area contributed by atoms with Crippen molar-refractivity contribution < 1.29 is 13.7 Å². The number of benzene rings is 2. The molecule has 0 spiro atoms. The van der Waals surface area contributed by atoms with Gasteiger partial charge in [0.05, 0.1) is 30.0 Å². The van der Waals surface area contributed by atoms with Crippen molar-refractivity contribution in [1.29, 1.82) is 0 Å². The number of anilines is 1. The summed E-state index contributed by atoms with van der Waals surface area (Å²) in [5, 5.41) is 8.05. The third-order valence-electron chi connectivity index (χ3n) is 4.29. The Morgan fingerprint density at radius 1 is 1.22 bits per heavy atom. The van der Waals surface area contributed by atoms with E-state index in [-0.39, 0.29) is 5.91 Å². The monoisotopic (exact) mass is 401 g/mol. The lowest BCUT2D eigenvalue weighted by Gasteiger charge is -2.12. The van der Waals surface area contributed by atoms with Crippen LogP contribution in [0, 0.1) is 0 Å². The van der Waals surface area contributed by atoms with Crippen molar-refractivity contribution in [3.05, 3.63) is 70.4 Å².